The minimum atomic E-state index is -0.688. The third kappa shape index (κ3) is 4.95. The van der Waals surface area contributed by atoms with Crippen LogP contribution in [0.3, 0.4) is 0 Å². The van der Waals surface area contributed by atoms with Crippen LogP contribution in [0.15, 0.2) is 174 Å². The van der Waals surface area contributed by atoms with E-state index >= 15 is 0 Å². The summed E-state index contributed by atoms with van der Waals surface area (Å²) in [6, 6.07) is 57.4. The Balaban J connectivity index is 1.18. The summed E-state index contributed by atoms with van der Waals surface area (Å²) >= 11 is 0. The Labute approximate surface area is 301 Å². The van der Waals surface area contributed by atoms with Crippen molar-refractivity contribution in [3.8, 4) is 33.9 Å². The van der Waals surface area contributed by atoms with Crippen molar-refractivity contribution in [2.24, 2.45) is 0 Å². The maximum absolute atomic E-state index is 6.49. The number of allylic oxidation sites excluding steroid dienone is 1. The summed E-state index contributed by atoms with van der Waals surface area (Å²) in [6.45, 7) is 2.26. The molecule has 1 aliphatic rings. The first-order valence-corrected chi connectivity index (χ1v) is 17.7. The highest BCUT2D eigenvalue weighted by Crippen LogP contribution is 2.52. The molecular weight excluding hydrogens is 635 g/mol. The second-order valence-corrected chi connectivity index (χ2v) is 13.8. The van der Waals surface area contributed by atoms with E-state index in [9.17, 15) is 0 Å². The van der Waals surface area contributed by atoms with Crippen molar-refractivity contribution < 1.29 is 4.42 Å². The number of hydrogen-bond acceptors (Lipinski definition) is 4. The maximum atomic E-state index is 6.49. The van der Waals surface area contributed by atoms with Gasteiger partial charge < -0.3 is 4.42 Å². The van der Waals surface area contributed by atoms with E-state index < -0.39 is 5.41 Å². The molecule has 2 aromatic heterocycles. The number of rotatable bonds is 5. The van der Waals surface area contributed by atoms with E-state index in [4.69, 9.17) is 19.4 Å². The lowest BCUT2D eigenvalue weighted by Gasteiger charge is -2.38. The molecule has 2 unspecified atom stereocenters. The van der Waals surface area contributed by atoms with Crippen LogP contribution in [0.25, 0.3) is 72.5 Å². The van der Waals surface area contributed by atoms with Gasteiger partial charge in [-0.15, -0.1) is 0 Å². The lowest BCUT2D eigenvalue weighted by atomic mass is 9.65. The van der Waals surface area contributed by atoms with E-state index in [1.54, 1.807) is 0 Å². The minimum Gasteiger partial charge on any atom is -0.456 e. The Kier molecular flexibility index (Phi) is 6.97. The third-order valence-electron chi connectivity index (χ3n) is 10.7. The van der Waals surface area contributed by atoms with Gasteiger partial charge in [0.15, 0.2) is 11.6 Å². The van der Waals surface area contributed by atoms with Crippen molar-refractivity contribution in [3.05, 3.63) is 193 Å². The number of nitrogens with zero attached hydrogens (tertiary/aromatic N) is 3. The zero-order valence-electron chi connectivity index (χ0n) is 28.6. The van der Waals surface area contributed by atoms with Crippen LogP contribution in [0.4, 0.5) is 0 Å². The summed E-state index contributed by atoms with van der Waals surface area (Å²) in [7, 11) is 0. The van der Waals surface area contributed by atoms with Crippen LogP contribution in [0.5, 0.6) is 0 Å². The molecule has 4 nitrogen and oxygen atoms in total. The van der Waals surface area contributed by atoms with Crippen molar-refractivity contribution in [2.45, 2.75) is 18.3 Å². The Bertz CT molecular complexity index is 2820. The Hall–Kier alpha value is -6.65. The van der Waals surface area contributed by atoms with E-state index in [0.717, 1.165) is 44.4 Å². The number of para-hydroxylation sites is 1. The second kappa shape index (κ2) is 12.0. The molecule has 0 amide bonds. The van der Waals surface area contributed by atoms with Crippen LogP contribution >= 0.6 is 0 Å². The monoisotopic (exact) mass is 667 g/mol. The van der Waals surface area contributed by atoms with Crippen molar-refractivity contribution in [3.63, 3.8) is 0 Å². The number of hydrogen-bond donors (Lipinski definition) is 0. The summed E-state index contributed by atoms with van der Waals surface area (Å²) in [5.41, 5.74) is 6.63. The molecule has 7 aromatic carbocycles. The molecule has 9 aromatic rings. The van der Waals surface area contributed by atoms with E-state index in [1.807, 2.05) is 12.1 Å². The normalized spacial score (nSPS) is 16.8. The fourth-order valence-corrected chi connectivity index (χ4v) is 7.98. The molecule has 4 heteroatoms. The van der Waals surface area contributed by atoms with Crippen molar-refractivity contribution in [1.29, 1.82) is 0 Å². The van der Waals surface area contributed by atoms with Gasteiger partial charge in [-0.05, 0) is 69.4 Å². The maximum Gasteiger partial charge on any atom is 0.163 e. The first-order valence-electron chi connectivity index (χ1n) is 17.7. The van der Waals surface area contributed by atoms with Gasteiger partial charge in [0.1, 0.15) is 17.2 Å². The second-order valence-electron chi connectivity index (χ2n) is 13.8. The molecule has 0 bridgehead atoms. The molecule has 1 aliphatic carbocycles. The van der Waals surface area contributed by atoms with E-state index in [0.29, 0.717) is 17.5 Å². The number of furan rings is 1. The SMILES string of the molecule is CC1(c2nc(-c3ccc(-c4ccc5ccccc5c4)cc3)nc(-c3ccc4ccccc4c3)n2)c2c(oc3ccccc23)C=CC1c1ccccc1. The molecule has 0 spiro atoms. The Morgan fingerprint density at radius 2 is 1.06 bits per heavy atom. The first kappa shape index (κ1) is 30.2. The fourth-order valence-electron chi connectivity index (χ4n) is 7.98. The number of fused-ring (bicyclic) bond motifs is 5. The molecule has 0 fully saturated rings. The van der Waals surface area contributed by atoms with Crippen LogP contribution < -0.4 is 0 Å². The Morgan fingerprint density at radius 1 is 0.500 bits per heavy atom. The lowest BCUT2D eigenvalue weighted by molar-refractivity contribution is 0.460. The van der Waals surface area contributed by atoms with Gasteiger partial charge in [0.2, 0.25) is 0 Å². The molecule has 246 valence electrons. The fraction of sp³-hybridized carbons (Fsp3) is 0.0625. The number of aromatic nitrogens is 3. The van der Waals surface area contributed by atoms with E-state index in [1.165, 1.54) is 27.3 Å². The molecule has 0 aliphatic heterocycles. The molecule has 0 N–H and O–H groups in total. The molecule has 2 heterocycles. The summed E-state index contributed by atoms with van der Waals surface area (Å²) in [5, 5.41) is 5.84. The summed E-state index contributed by atoms with van der Waals surface area (Å²) < 4.78 is 6.49. The highest BCUT2D eigenvalue weighted by atomic mass is 16.3. The predicted molar refractivity (Wildman–Crippen MR) is 212 cm³/mol. The molecule has 2 atom stereocenters. The van der Waals surface area contributed by atoms with Gasteiger partial charge in [0, 0.05) is 28.0 Å². The van der Waals surface area contributed by atoms with Crippen LogP contribution in [-0.2, 0) is 5.41 Å². The minimum absolute atomic E-state index is 0.0582. The van der Waals surface area contributed by atoms with E-state index in [-0.39, 0.29) is 5.92 Å². The molecule has 0 radical (unpaired) electrons. The quantitative estimate of drug-likeness (QED) is 0.183. The third-order valence-corrected chi connectivity index (χ3v) is 10.7. The van der Waals surface area contributed by atoms with Gasteiger partial charge in [-0.3, -0.25) is 0 Å². The van der Waals surface area contributed by atoms with Crippen LogP contribution in [-0.4, -0.2) is 15.0 Å². The zero-order chi connectivity index (χ0) is 34.6. The van der Waals surface area contributed by atoms with Gasteiger partial charge in [0.05, 0.1) is 5.41 Å². The van der Waals surface area contributed by atoms with Gasteiger partial charge in [-0.2, -0.15) is 0 Å². The molecular formula is C48H33N3O. The smallest absolute Gasteiger partial charge is 0.163 e. The average Bonchev–Trinajstić information content (AvgIpc) is 3.61. The predicted octanol–water partition coefficient (Wildman–Crippen LogP) is 12.0. The largest absolute Gasteiger partial charge is 0.456 e. The summed E-state index contributed by atoms with van der Waals surface area (Å²) in [5.74, 6) is 2.75. The van der Waals surface area contributed by atoms with Crippen LogP contribution in [0.1, 0.15) is 35.6 Å². The topological polar surface area (TPSA) is 51.8 Å². The summed E-state index contributed by atoms with van der Waals surface area (Å²) in [4.78, 5) is 16.0. The van der Waals surface area contributed by atoms with Gasteiger partial charge in [-0.1, -0.05) is 152 Å². The number of benzene rings is 7. The average molecular weight is 668 g/mol. The van der Waals surface area contributed by atoms with Gasteiger partial charge in [-0.25, -0.2) is 15.0 Å². The molecule has 10 rings (SSSR count). The van der Waals surface area contributed by atoms with Crippen molar-refractivity contribution in [2.75, 3.05) is 0 Å². The van der Waals surface area contributed by atoms with Crippen molar-refractivity contribution in [1.82, 2.24) is 15.0 Å². The summed E-state index contributed by atoms with van der Waals surface area (Å²) in [6.07, 6.45) is 4.37. The molecule has 52 heavy (non-hydrogen) atoms. The van der Waals surface area contributed by atoms with E-state index in [2.05, 4.69) is 171 Å². The lowest BCUT2D eigenvalue weighted by Crippen LogP contribution is -2.35. The van der Waals surface area contributed by atoms with Crippen molar-refractivity contribution >= 4 is 38.6 Å². The van der Waals surface area contributed by atoms with Gasteiger partial charge >= 0.3 is 0 Å². The highest BCUT2D eigenvalue weighted by Gasteiger charge is 2.46. The Morgan fingerprint density at radius 3 is 1.79 bits per heavy atom. The zero-order valence-corrected chi connectivity index (χ0v) is 28.6. The first-order chi connectivity index (χ1) is 25.6. The van der Waals surface area contributed by atoms with Gasteiger partial charge in [0.25, 0.3) is 0 Å². The van der Waals surface area contributed by atoms with Crippen LogP contribution in [0.2, 0.25) is 0 Å². The highest BCUT2D eigenvalue weighted by molar-refractivity contribution is 5.90. The van der Waals surface area contributed by atoms with Crippen LogP contribution in [0, 0.1) is 0 Å². The molecule has 0 saturated carbocycles. The standard InChI is InChI=1S/C48H33N3O/c1-48(41(34-13-3-2-4-14-34)27-28-43-44(48)40-17-9-10-18-42(40)52-43)47-50-45(49-46(51-47)39-26-22-32-12-6-8-16-37(32)30-39)35-23-19-33(20-24-35)38-25-21-31-11-5-7-15-36(31)29-38/h2-30,41H,1H3. The molecule has 0 saturated heterocycles.